The van der Waals surface area contributed by atoms with E-state index in [2.05, 4.69) is 27.1 Å². The van der Waals surface area contributed by atoms with Gasteiger partial charge in [0.05, 0.1) is 7.11 Å². The van der Waals surface area contributed by atoms with E-state index in [1.807, 2.05) is 6.07 Å². The first-order valence-corrected chi connectivity index (χ1v) is 8.20. The lowest BCUT2D eigenvalue weighted by Crippen LogP contribution is -2.21. The Kier molecular flexibility index (Phi) is 6.73. The third-order valence-corrected chi connectivity index (χ3v) is 3.84. The van der Waals surface area contributed by atoms with E-state index in [0.29, 0.717) is 5.88 Å². The van der Waals surface area contributed by atoms with Crippen LogP contribution in [0.5, 0.6) is 5.88 Å². The fourth-order valence-corrected chi connectivity index (χ4v) is 2.69. The fourth-order valence-electron chi connectivity index (χ4n) is 2.69. The molecule has 0 aliphatic carbocycles. The summed E-state index contributed by atoms with van der Waals surface area (Å²) in [6.07, 6.45) is 7.10. The topological polar surface area (TPSA) is 50.3 Å². The van der Waals surface area contributed by atoms with Crippen molar-refractivity contribution in [2.45, 2.75) is 45.4 Å². The van der Waals surface area contributed by atoms with Crippen LogP contribution in [0.2, 0.25) is 0 Å². The molecule has 0 radical (unpaired) electrons. The van der Waals surface area contributed by atoms with Gasteiger partial charge in [0.2, 0.25) is 5.88 Å². The maximum absolute atomic E-state index is 5.24. The maximum atomic E-state index is 5.24. The van der Waals surface area contributed by atoms with Crippen LogP contribution in [0.3, 0.4) is 0 Å². The van der Waals surface area contributed by atoms with Gasteiger partial charge in [0, 0.05) is 19.0 Å². The second kappa shape index (κ2) is 8.82. The standard InChI is InChI=1S/C16H28N4O/c1-3-8-14-18-15(13-16(19-14)21-2)17-9-4-5-10-20-11-6-7-12-20/h13H,3-12H2,1-2H3,(H,17,18,19). The Hall–Kier alpha value is -1.36. The molecule has 1 aliphatic heterocycles. The average Bonchev–Trinajstić information content (AvgIpc) is 3.00. The van der Waals surface area contributed by atoms with E-state index >= 15 is 0 Å². The number of likely N-dealkylation sites (tertiary alicyclic amines) is 1. The maximum Gasteiger partial charge on any atom is 0.218 e. The van der Waals surface area contributed by atoms with Crippen molar-refractivity contribution >= 4 is 5.82 Å². The second-order valence-electron chi connectivity index (χ2n) is 5.64. The lowest BCUT2D eigenvalue weighted by molar-refractivity contribution is 0.331. The van der Waals surface area contributed by atoms with E-state index < -0.39 is 0 Å². The molecule has 1 fully saturated rings. The van der Waals surface area contributed by atoms with Crippen molar-refractivity contribution in [1.82, 2.24) is 14.9 Å². The summed E-state index contributed by atoms with van der Waals surface area (Å²) in [5.74, 6) is 2.39. The van der Waals surface area contributed by atoms with Crippen molar-refractivity contribution in [2.24, 2.45) is 0 Å². The van der Waals surface area contributed by atoms with Gasteiger partial charge in [-0.1, -0.05) is 6.92 Å². The monoisotopic (exact) mass is 292 g/mol. The molecule has 0 unspecified atom stereocenters. The number of hydrogen-bond donors (Lipinski definition) is 1. The molecule has 2 heterocycles. The average molecular weight is 292 g/mol. The molecule has 5 heteroatoms. The quantitative estimate of drug-likeness (QED) is 0.709. The molecule has 0 atom stereocenters. The number of nitrogens with one attached hydrogen (secondary N) is 1. The minimum Gasteiger partial charge on any atom is -0.481 e. The number of unbranched alkanes of at least 4 members (excludes halogenated alkanes) is 1. The zero-order valence-corrected chi connectivity index (χ0v) is 13.4. The van der Waals surface area contributed by atoms with Gasteiger partial charge in [0.15, 0.2) is 0 Å². The summed E-state index contributed by atoms with van der Waals surface area (Å²) >= 11 is 0. The highest BCUT2D eigenvalue weighted by Crippen LogP contribution is 2.14. The summed E-state index contributed by atoms with van der Waals surface area (Å²) in [5.41, 5.74) is 0. The minimum atomic E-state index is 0.646. The van der Waals surface area contributed by atoms with Crippen LogP contribution in [0, 0.1) is 0 Å². The summed E-state index contributed by atoms with van der Waals surface area (Å²) in [4.78, 5) is 11.5. The van der Waals surface area contributed by atoms with Gasteiger partial charge in [-0.2, -0.15) is 4.98 Å². The zero-order valence-electron chi connectivity index (χ0n) is 13.4. The number of nitrogens with zero attached hydrogens (tertiary/aromatic N) is 3. The van der Waals surface area contributed by atoms with Gasteiger partial charge in [0.1, 0.15) is 11.6 Å². The molecular formula is C16H28N4O. The molecule has 1 saturated heterocycles. The lowest BCUT2D eigenvalue weighted by atomic mass is 10.3. The van der Waals surface area contributed by atoms with E-state index in [0.717, 1.165) is 31.0 Å². The smallest absolute Gasteiger partial charge is 0.218 e. The highest BCUT2D eigenvalue weighted by Gasteiger charge is 2.10. The largest absolute Gasteiger partial charge is 0.481 e. The molecule has 118 valence electrons. The van der Waals surface area contributed by atoms with E-state index in [1.165, 1.54) is 45.3 Å². The molecule has 0 aromatic carbocycles. The highest BCUT2D eigenvalue weighted by molar-refractivity contribution is 5.38. The Morgan fingerprint density at radius 1 is 1.24 bits per heavy atom. The SMILES string of the molecule is CCCc1nc(NCCCCN2CCCC2)cc(OC)n1. The minimum absolute atomic E-state index is 0.646. The highest BCUT2D eigenvalue weighted by atomic mass is 16.5. The first-order chi connectivity index (χ1) is 10.3. The van der Waals surface area contributed by atoms with Gasteiger partial charge < -0.3 is 15.0 Å². The van der Waals surface area contributed by atoms with Crippen LogP contribution in [0.25, 0.3) is 0 Å². The lowest BCUT2D eigenvalue weighted by Gasteiger charge is -2.14. The van der Waals surface area contributed by atoms with Crippen molar-refractivity contribution in [1.29, 1.82) is 0 Å². The Balaban J connectivity index is 1.72. The van der Waals surface area contributed by atoms with Gasteiger partial charge in [0.25, 0.3) is 0 Å². The molecule has 5 nitrogen and oxygen atoms in total. The zero-order chi connectivity index (χ0) is 14.9. The summed E-state index contributed by atoms with van der Waals surface area (Å²) < 4.78 is 5.24. The van der Waals surface area contributed by atoms with E-state index in [9.17, 15) is 0 Å². The van der Waals surface area contributed by atoms with Gasteiger partial charge in [-0.25, -0.2) is 4.98 Å². The fraction of sp³-hybridized carbons (Fsp3) is 0.750. The normalized spacial score (nSPS) is 15.3. The number of aromatic nitrogens is 2. The summed E-state index contributed by atoms with van der Waals surface area (Å²) in [6, 6.07) is 1.87. The number of aryl methyl sites for hydroxylation is 1. The molecule has 0 amide bonds. The first kappa shape index (κ1) is 16.0. The molecule has 1 aromatic heterocycles. The Morgan fingerprint density at radius 3 is 2.76 bits per heavy atom. The van der Waals surface area contributed by atoms with Crippen LogP contribution in [-0.2, 0) is 6.42 Å². The second-order valence-corrected chi connectivity index (χ2v) is 5.64. The van der Waals surface area contributed by atoms with Crippen LogP contribution in [0.1, 0.15) is 44.9 Å². The molecule has 2 rings (SSSR count). The van der Waals surface area contributed by atoms with Crippen LogP contribution >= 0.6 is 0 Å². The third-order valence-electron chi connectivity index (χ3n) is 3.84. The van der Waals surface area contributed by atoms with Gasteiger partial charge in [-0.15, -0.1) is 0 Å². The van der Waals surface area contributed by atoms with Crippen molar-refractivity contribution in [3.63, 3.8) is 0 Å². The van der Waals surface area contributed by atoms with Crippen LogP contribution in [-0.4, -0.2) is 48.2 Å². The van der Waals surface area contributed by atoms with E-state index in [-0.39, 0.29) is 0 Å². The number of ether oxygens (including phenoxy) is 1. The molecule has 1 aromatic rings. The third kappa shape index (κ3) is 5.50. The van der Waals surface area contributed by atoms with Crippen molar-refractivity contribution < 1.29 is 4.74 Å². The van der Waals surface area contributed by atoms with Gasteiger partial charge in [-0.3, -0.25) is 0 Å². The van der Waals surface area contributed by atoms with E-state index in [4.69, 9.17) is 4.74 Å². The van der Waals surface area contributed by atoms with Crippen LogP contribution in [0.15, 0.2) is 6.07 Å². The molecule has 1 aliphatic rings. The molecule has 0 spiro atoms. The number of rotatable bonds is 9. The predicted octanol–water partition coefficient (Wildman–Crippen LogP) is 2.73. The molecule has 0 saturated carbocycles. The summed E-state index contributed by atoms with van der Waals surface area (Å²) in [5, 5.41) is 3.39. The van der Waals surface area contributed by atoms with Gasteiger partial charge >= 0.3 is 0 Å². The number of methoxy groups -OCH3 is 1. The number of hydrogen-bond acceptors (Lipinski definition) is 5. The van der Waals surface area contributed by atoms with Gasteiger partial charge in [-0.05, 0) is 51.7 Å². The first-order valence-electron chi connectivity index (χ1n) is 8.20. The number of anilines is 1. The van der Waals surface area contributed by atoms with Crippen LogP contribution < -0.4 is 10.1 Å². The predicted molar refractivity (Wildman–Crippen MR) is 86.0 cm³/mol. The molecule has 0 bridgehead atoms. The molecule has 21 heavy (non-hydrogen) atoms. The van der Waals surface area contributed by atoms with Crippen molar-refractivity contribution in [3.8, 4) is 5.88 Å². The summed E-state index contributed by atoms with van der Waals surface area (Å²) in [6.45, 7) is 6.90. The van der Waals surface area contributed by atoms with E-state index in [1.54, 1.807) is 7.11 Å². The Bertz CT molecular complexity index is 419. The summed E-state index contributed by atoms with van der Waals surface area (Å²) in [7, 11) is 1.65. The molecule has 1 N–H and O–H groups in total. The Labute approximate surface area is 128 Å². The van der Waals surface area contributed by atoms with Crippen LogP contribution in [0.4, 0.5) is 5.82 Å². The van der Waals surface area contributed by atoms with Crippen molar-refractivity contribution in [2.75, 3.05) is 38.6 Å². The van der Waals surface area contributed by atoms with Crippen molar-refractivity contribution in [3.05, 3.63) is 11.9 Å². The molecular weight excluding hydrogens is 264 g/mol. The Morgan fingerprint density at radius 2 is 2.05 bits per heavy atom.